The third-order valence-electron chi connectivity index (χ3n) is 20.9. The van der Waals surface area contributed by atoms with Crippen LogP contribution in [0.25, 0.3) is 105 Å². The standard InChI is InChI=1S/C91H58BN2P/c1-5-24-59(25-6-1)63-44-48-86-82(53-63)92-83-54-64(60-26-7-2-8-27-60)45-49-88(83)95(71-33-23-32-69(57-71)93-84-42-21-16-37-75(84)76-38-17-22-43-85(76)93)89-56-68(67-51-65(61-28-9-3-10-29-61)50-66(52-67)62-30-11-4-12-31-62)55-87(90(89)92)94(86)70-46-47-81-77(58-70)74-36-15-20-41-80(74)91(81)78-39-18-13-34-72(78)73-35-14-19-40-79(73)91/h1-58H. The molecule has 440 valence electrons. The molecule has 1 spiro atoms. The van der Waals surface area contributed by atoms with E-state index in [2.05, 4.69) is 361 Å². The minimum atomic E-state index is -1.25. The van der Waals surface area contributed by atoms with Crippen LogP contribution in [0.15, 0.2) is 352 Å². The average Bonchev–Trinajstić information content (AvgIpc) is 1.58. The number of hydrogen-bond acceptors (Lipinski definition) is 1. The molecule has 0 amide bonds. The molecule has 2 nitrogen and oxygen atoms in total. The molecule has 0 N–H and O–H groups in total. The lowest BCUT2D eigenvalue weighted by atomic mass is 9.34. The highest BCUT2D eigenvalue weighted by atomic mass is 31.1. The molecule has 3 heterocycles. The largest absolute Gasteiger partial charge is 0.311 e. The number of hydrogen-bond donors (Lipinski definition) is 0. The van der Waals surface area contributed by atoms with Crippen molar-refractivity contribution in [2.75, 3.05) is 4.90 Å². The first-order chi connectivity index (χ1) is 47.1. The van der Waals surface area contributed by atoms with Crippen molar-refractivity contribution < 1.29 is 0 Å². The highest BCUT2D eigenvalue weighted by molar-refractivity contribution is 7.81. The van der Waals surface area contributed by atoms with E-state index in [-0.39, 0.29) is 6.71 Å². The fourth-order valence-electron chi connectivity index (χ4n) is 16.9. The third kappa shape index (κ3) is 8.10. The number of rotatable bonds is 8. The Morgan fingerprint density at radius 3 is 1.31 bits per heavy atom. The Labute approximate surface area is 554 Å². The molecular formula is C91H58BN2P. The number of anilines is 3. The molecule has 1 aromatic heterocycles. The summed E-state index contributed by atoms with van der Waals surface area (Å²) in [5.41, 5.74) is 33.0. The van der Waals surface area contributed by atoms with Gasteiger partial charge in [-0.25, -0.2) is 0 Å². The lowest BCUT2D eigenvalue weighted by Crippen LogP contribution is -2.67. The molecule has 4 aliphatic rings. The normalized spacial score (nSPS) is 14.0. The average molecular weight is 1220 g/mol. The van der Waals surface area contributed by atoms with E-state index in [0.717, 1.165) is 11.4 Å². The molecule has 2 aliphatic heterocycles. The van der Waals surface area contributed by atoms with Crippen LogP contribution in [-0.2, 0) is 5.41 Å². The summed E-state index contributed by atoms with van der Waals surface area (Å²) in [5.74, 6) is 0. The molecule has 20 rings (SSSR count). The van der Waals surface area contributed by atoms with Gasteiger partial charge in [0.2, 0.25) is 6.71 Å². The van der Waals surface area contributed by atoms with E-state index in [1.165, 1.54) is 166 Å². The van der Waals surface area contributed by atoms with Gasteiger partial charge in [0.15, 0.2) is 0 Å². The van der Waals surface area contributed by atoms with Gasteiger partial charge in [-0.1, -0.05) is 285 Å². The molecular weight excluding hydrogens is 1160 g/mol. The van der Waals surface area contributed by atoms with Crippen LogP contribution >= 0.6 is 7.92 Å². The first-order valence-electron chi connectivity index (χ1n) is 33.1. The maximum atomic E-state index is 2.67. The first kappa shape index (κ1) is 54.0. The molecule has 1 unspecified atom stereocenters. The zero-order valence-electron chi connectivity index (χ0n) is 51.9. The molecule has 1 atom stereocenters. The van der Waals surface area contributed by atoms with E-state index in [1.807, 2.05) is 0 Å². The highest BCUT2D eigenvalue weighted by Crippen LogP contribution is 2.63. The van der Waals surface area contributed by atoms with Crippen LogP contribution in [0.2, 0.25) is 0 Å². The first-order valence-corrected chi connectivity index (χ1v) is 34.4. The Hall–Kier alpha value is -11.6. The summed E-state index contributed by atoms with van der Waals surface area (Å²) in [6.07, 6.45) is 0. The smallest absolute Gasteiger partial charge is 0.248 e. The van der Waals surface area contributed by atoms with Crippen LogP contribution in [0.5, 0.6) is 0 Å². The molecule has 0 saturated carbocycles. The van der Waals surface area contributed by atoms with Crippen LogP contribution in [0.1, 0.15) is 22.3 Å². The van der Waals surface area contributed by atoms with E-state index in [9.17, 15) is 0 Å². The lowest BCUT2D eigenvalue weighted by Gasteiger charge is -2.43. The molecule has 0 fully saturated rings. The Morgan fingerprint density at radius 1 is 0.263 bits per heavy atom. The summed E-state index contributed by atoms with van der Waals surface area (Å²) < 4.78 is 2.49. The zero-order valence-corrected chi connectivity index (χ0v) is 52.8. The van der Waals surface area contributed by atoms with Crippen LogP contribution in [0.4, 0.5) is 17.1 Å². The summed E-state index contributed by atoms with van der Waals surface area (Å²) in [6, 6.07) is 134. The van der Waals surface area contributed by atoms with Gasteiger partial charge in [0, 0.05) is 33.5 Å². The fourth-order valence-corrected chi connectivity index (χ4v) is 19.7. The second-order valence-electron chi connectivity index (χ2n) is 25.8. The van der Waals surface area contributed by atoms with Crippen LogP contribution in [-0.4, -0.2) is 11.3 Å². The van der Waals surface area contributed by atoms with Gasteiger partial charge in [-0.15, -0.1) is 0 Å². The predicted octanol–water partition coefficient (Wildman–Crippen LogP) is 19.8. The number of benzene rings is 15. The van der Waals surface area contributed by atoms with E-state index in [4.69, 9.17) is 0 Å². The Kier molecular flexibility index (Phi) is 12.1. The Bertz CT molecular complexity index is 5660. The quantitative estimate of drug-likeness (QED) is 0.109. The fraction of sp³-hybridized carbons (Fsp3) is 0.0110. The minimum absolute atomic E-state index is 0.123. The minimum Gasteiger partial charge on any atom is -0.311 e. The predicted molar refractivity (Wildman–Crippen MR) is 402 cm³/mol. The van der Waals surface area contributed by atoms with Gasteiger partial charge in [-0.05, 0) is 208 Å². The molecule has 95 heavy (non-hydrogen) atoms. The van der Waals surface area contributed by atoms with Crippen LogP contribution < -0.4 is 37.2 Å². The van der Waals surface area contributed by atoms with Crippen molar-refractivity contribution >= 4 is 85.8 Å². The van der Waals surface area contributed by atoms with Gasteiger partial charge in [-0.3, -0.25) is 0 Å². The van der Waals surface area contributed by atoms with Crippen molar-refractivity contribution in [1.29, 1.82) is 0 Å². The molecule has 2 aliphatic carbocycles. The molecule has 0 saturated heterocycles. The summed E-state index contributed by atoms with van der Waals surface area (Å²) in [7, 11) is -1.25. The molecule has 0 radical (unpaired) electrons. The zero-order chi connectivity index (χ0) is 62.3. The van der Waals surface area contributed by atoms with Gasteiger partial charge in [-0.2, -0.15) is 0 Å². The van der Waals surface area contributed by atoms with Crippen molar-refractivity contribution in [3.05, 3.63) is 374 Å². The second kappa shape index (κ2) is 21.2. The molecule has 4 heteroatoms. The van der Waals surface area contributed by atoms with Gasteiger partial charge in [0.25, 0.3) is 0 Å². The van der Waals surface area contributed by atoms with E-state index in [0.29, 0.717) is 0 Å². The van der Waals surface area contributed by atoms with Crippen LogP contribution in [0, 0.1) is 0 Å². The molecule has 16 aromatic rings. The van der Waals surface area contributed by atoms with Gasteiger partial charge < -0.3 is 9.47 Å². The van der Waals surface area contributed by atoms with Crippen molar-refractivity contribution in [2.24, 2.45) is 0 Å². The van der Waals surface area contributed by atoms with Crippen LogP contribution in [0.3, 0.4) is 0 Å². The number of aromatic nitrogens is 1. The van der Waals surface area contributed by atoms with Crippen molar-refractivity contribution in [3.63, 3.8) is 0 Å². The van der Waals surface area contributed by atoms with Gasteiger partial charge in [0.05, 0.1) is 16.4 Å². The monoisotopic (exact) mass is 1220 g/mol. The maximum Gasteiger partial charge on any atom is 0.248 e. The van der Waals surface area contributed by atoms with Crippen molar-refractivity contribution in [2.45, 2.75) is 5.41 Å². The summed E-state index contributed by atoms with van der Waals surface area (Å²) in [4.78, 5) is 2.67. The second-order valence-corrected chi connectivity index (χ2v) is 28.0. The SMILES string of the molecule is c1ccc(-c2cc(-c3ccccc3)cc(-c3cc4c5c(c3)P(c3cccc(-n6c7ccccc7c7ccccc76)c3)c3ccc(-c6ccccc6)cc3B5c3cc(-c5ccccc5)ccc3N4c3ccc4c(c3)-c3ccccc3C43c4ccccc4-c4ccccc43)c2)cc1. The lowest BCUT2D eigenvalue weighted by molar-refractivity contribution is 0.794. The third-order valence-corrected chi connectivity index (χ3v) is 23.5. The van der Waals surface area contributed by atoms with Gasteiger partial charge >= 0.3 is 0 Å². The Balaban J connectivity index is 0.899. The summed E-state index contributed by atoms with van der Waals surface area (Å²) >= 11 is 0. The van der Waals surface area contributed by atoms with E-state index >= 15 is 0 Å². The number of nitrogens with zero attached hydrogens (tertiary/aromatic N) is 2. The highest BCUT2D eigenvalue weighted by Gasteiger charge is 2.52. The van der Waals surface area contributed by atoms with E-state index < -0.39 is 13.3 Å². The molecule has 15 aromatic carbocycles. The van der Waals surface area contributed by atoms with Crippen molar-refractivity contribution in [3.8, 4) is 83.6 Å². The van der Waals surface area contributed by atoms with Crippen molar-refractivity contribution in [1.82, 2.24) is 4.57 Å². The summed E-state index contributed by atoms with van der Waals surface area (Å²) in [5, 5.41) is 6.56. The van der Waals surface area contributed by atoms with E-state index in [1.54, 1.807) is 0 Å². The number of fused-ring (bicyclic) bond motifs is 17. The maximum absolute atomic E-state index is 2.67. The molecule has 0 bridgehead atoms. The van der Waals surface area contributed by atoms with Gasteiger partial charge in [0.1, 0.15) is 0 Å². The number of para-hydroxylation sites is 2. The topological polar surface area (TPSA) is 8.17 Å². The Morgan fingerprint density at radius 2 is 0.726 bits per heavy atom. The summed E-state index contributed by atoms with van der Waals surface area (Å²) in [6.45, 7) is -0.123.